The van der Waals surface area contributed by atoms with Crippen LogP contribution < -0.4 is 0 Å². The van der Waals surface area contributed by atoms with Gasteiger partial charge in [0.1, 0.15) is 11.9 Å². The number of carbonyl (C=O) groups is 3. The molecule has 7 nitrogen and oxygen atoms in total. The maximum Gasteiger partial charge on any atom is 0.338 e. The zero-order valence-corrected chi connectivity index (χ0v) is 21.8. The van der Waals surface area contributed by atoms with Crippen LogP contribution in [0.3, 0.4) is 0 Å². The minimum absolute atomic E-state index is 0.00712. The van der Waals surface area contributed by atoms with Gasteiger partial charge in [-0.05, 0) is 70.5 Å². The van der Waals surface area contributed by atoms with E-state index in [4.69, 9.17) is 4.74 Å². The molecule has 0 fully saturated rings. The first-order valence-corrected chi connectivity index (χ1v) is 12.5. The topological polar surface area (TPSA) is 71.8 Å². The van der Waals surface area contributed by atoms with Crippen molar-refractivity contribution in [3.63, 3.8) is 0 Å². The molecule has 1 amide bonds. The number of rotatable bonds is 7. The Labute approximate surface area is 212 Å². The smallest absolute Gasteiger partial charge is 0.338 e. The van der Waals surface area contributed by atoms with Crippen LogP contribution in [0.25, 0.3) is 10.9 Å². The number of aromatic nitrogens is 1. The van der Waals surface area contributed by atoms with Crippen LogP contribution in [-0.2, 0) is 33.8 Å². The van der Waals surface area contributed by atoms with E-state index in [2.05, 4.69) is 21.6 Å². The predicted octanol–water partition coefficient (Wildman–Crippen LogP) is 4.05. The lowest BCUT2D eigenvalue weighted by Gasteiger charge is -2.35. The van der Waals surface area contributed by atoms with Crippen molar-refractivity contribution in [1.29, 1.82) is 0 Å². The second kappa shape index (κ2) is 10.3. The summed E-state index contributed by atoms with van der Waals surface area (Å²) >= 11 is 0. The Morgan fingerprint density at radius 2 is 1.81 bits per heavy atom. The van der Waals surface area contributed by atoms with Crippen LogP contribution in [0.1, 0.15) is 54.9 Å². The number of carbonyl (C=O) groups excluding carboxylic acids is 3. The van der Waals surface area contributed by atoms with Crippen molar-refractivity contribution in [2.75, 3.05) is 20.1 Å². The molecule has 2 heterocycles. The predicted molar refractivity (Wildman–Crippen MR) is 140 cm³/mol. The standard InChI is InChI=1S/C29H35N3O4/c1-6-31(15-16-33)27(34)25-17-23-22-9-7-8-10-24(22)32(26(23)19-30(25)5)18-20-11-13-21(14-12-20)28(35)36-29(2,3)4/h7-14,16,25H,6,15,17-19H2,1-5H3. The maximum absolute atomic E-state index is 13.2. The number of likely N-dealkylation sites (N-methyl/N-ethyl adjacent to an activating group) is 2. The van der Waals surface area contributed by atoms with E-state index in [1.54, 1.807) is 4.90 Å². The molecule has 1 aromatic heterocycles. The SMILES string of the molecule is CCN(CC=O)C(=O)C1Cc2c(n(Cc3ccc(C(=O)OC(C)(C)C)cc3)c3ccccc23)CN1C. The molecule has 36 heavy (non-hydrogen) atoms. The van der Waals surface area contributed by atoms with Gasteiger partial charge in [0.2, 0.25) is 5.91 Å². The first-order valence-electron chi connectivity index (χ1n) is 12.5. The van der Waals surface area contributed by atoms with E-state index < -0.39 is 5.60 Å². The summed E-state index contributed by atoms with van der Waals surface area (Å²) in [7, 11) is 1.97. The molecule has 7 heteroatoms. The summed E-state index contributed by atoms with van der Waals surface area (Å²) in [6.45, 7) is 9.39. The highest BCUT2D eigenvalue weighted by molar-refractivity contribution is 5.90. The van der Waals surface area contributed by atoms with Crippen LogP contribution >= 0.6 is 0 Å². The van der Waals surface area contributed by atoms with Gasteiger partial charge < -0.3 is 19.0 Å². The third kappa shape index (κ3) is 5.21. The lowest BCUT2D eigenvalue weighted by Crippen LogP contribution is -2.50. The molecule has 0 saturated carbocycles. The van der Waals surface area contributed by atoms with E-state index >= 15 is 0 Å². The number of esters is 1. The fourth-order valence-corrected chi connectivity index (χ4v) is 4.93. The molecule has 0 spiro atoms. The fourth-order valence-electron chi connectivity index (χ4n) is 4.93. The largest absolute Gasteiger partial charge is 0.456 e. The second-order valence-electron chi connectivity index (χ2n) is 10.4. The van der Waals surface area contributed by atoms with Gasteiger partial charge >= 0.3 is 5.97 Å². The van der Waals surface area contributed by atoms with Crippen LogP contribution in [0.4, 0.5) is 0 Å². The normalized spacial score (nSPS) is 16.0. The minimum Gasteiger partial charge on any atom is -0.456 e. The molecule has 0 radical (unpaired) electrons. The Balaban J connectivity index is 1.64. The number of aldehydes is 1. The van der Waals surface area contributed by atoms with E-state index in [9.17, 15) is 14.4 Å². The molecular formula is C29H35N3O4. The molecule has 1 atom stereocenters. The van der Waals surface area contributed by atoms with E-state index in [1.807, 2.05) is 71.1 Å². The molecule has 4 rings (SSSR count). The minimum atomic E-state index is -0.536. The zero-order valence-electron chi connectivity index (χ0n) is 21.8. The highest BCUT2D eigenvalue weighted by Crippen LogP contribution is 2.33. The molecule has 0 saturated heterocycles. The summed E-state index contributed by atoms with van der Waals surface area (Å²) in [5.74, 6) is -0.335. The molecular weight excluding hydrogens is 454 g/mol. The van der Waals surface area contributed by atoms with Crippen molar-refractivity contribution in [2.24, 2.45) is 0 Å². The lowest BCUT2D eigenvalue weighted by molar-refractivity contribution is -0.138. The molecule has 3 aromatic rings. The van der Waals surface area contributed by atoms with Gasteiger partial charge in [0.25, 0.3) is 0 Å². The summed E-state index contributed by atoms with van der Waals surface area (Å²) in [6, 6.07) is 15.6. The zero-order chi connectivity index (χ0) is 26.0. The number of benzene rings is 2. The third-order valence-electron chi connectivity index (χ3n) is 6.73. The Hall–Kier alpha value is -3.45. The van der Waals surface area contributed by atoms with Crippen molar-refractivity contribution < 1.29 is 19.1 Å². The fraction of sp³-hybridized carbons (Fsp3) is 0.414. The number of fused-ring (bicyclic) bond motifs is 3. The molecule has 0 N–H and O–H groups in total. The van der Waals surface area contributed by atoms with Crippen LogP contribution in [0.5, 0.6) is 0 Å². The third-order valence-corrected chi connectivity index (χ3v) is 6.73. The van der Waals surface area contributed by atoms with E-state index in [-0.39, 0.29) is 24.5 Å². The van der Waals surface area contributed by atoms with Gasteiger partial charge in [-0.25, -0.2) is 4.79 Å². The summed E-state index contributed by atoms with van der Waals surface area (Å²) in [5.41, 5.74) is 4.58. The van der Waals surface area contributed by atoms with E-state index in [0.717, 1.165) is 22.8 Å². The van der Waals surface area contributed by atoms with Gasteiger partial charge in [-0.1, -0.05) is 30.3 Å². The van der Waals surface area contributed by atoms with Gasteiger partial charge in [0.15, 0.2) is 0 Å². The van der Waals surface area contributed by atoms with Crippen molar-refractivity contribution in [1.82, 2.24) is 14.4 Å². The van der Waals surface area contributed by atoms with Gasteiger partial charge in [-0.3, -0.25) is 9.69 Å². The second-order valence-corrected chi connectivity index (χ2v) is 10.4. The first-order chi connectivity index (χ1) is 17.1. The van der Waals surface area contributed by atoms with Crippen molar-refractivity contribution in [3.8, 4) is 0 Å². The first kappa shape index (κ1) is 25.6. The van der Waals surface area contributed by atoms with Crippen LogP contribution in [-0.4, -0.2) is 64.3 Å². The van der Waals surface area contributed by atoms with Crippen molar-refractivity contribution in [2.45, 2.75) is 58.8 Å². The number of nitrogens with zero attached hydrogens (tertiary/aromatic N) is 3. The number of amides is 1. The van der Waals surface area contributed by atoms with Crippen molar-refractivity contribution in [3.05, 3.63) is 70.9 Å². The molecule has 0 aliphatic carbocycles. The molecule has 1 unspecified atom stereocenters. The molecule has 1 aliphatic heterocycles. The van der Waals surface area contributed by atoms with Crippen LogP contribution in [0.15, 0.2) is 48.5 Å². The quantitative estimate of drug-likeness (QED) is 0.370. The lowest BCUT2D eigenvalue weighted by atomic mass is 9.96. The highest BCUT2D eigenvalue weighted by atomic mass is 16.6. The molecule has 0 bridgehead atoms. The Morgan fingerprint density at radius 3 is 2.44 bits per heavy atom. The van der Waals surface area contributed by atoms with Gasteiger partial charge in [-0.15, -0.1) is 0 Å². The van der Waals surface area contributed by atoms with Gasteiger partial charge in [-0.2, -0.15) is 0 Å². The summed E-state index contributed by atoms with van der Waals surface area (Å²) in [6.07, 6.45) is 1.39. The monoisotopic (exact) mass is 489 g/mol. The summed E-state index contributed by atoms with van der Waals surface area (Å²) < 4.78 is 7.80. The van der Waals surface area contributed by atoms with Gasteiger partial charge in [0, 0.05) is 36.2 Å². The molecule has 190 valence electrons. The molecule has 1 aliphatic rings. The van der Waals surface area contributed by atoms with Gasteiger partial charge in [0.05, 0.1) is 18.2 Å². The number of para-hydroxylation sites is 1. The maximum atomic E-state index is 13.2. The molecule has 2 aromatic carbocycles. The van der Waals surface area contributed by atoms with Crippen LogP contribution in [0, 0.1) is 0 Å². The average Bonchev–Trinajstić information content (AvgIpc) is 3.13. The Kier molecular flexibility index (Phi) is 7.31. The summed E-state index contributed by atoms with van der Waals surface area (Å²) in [5, 5.41) is 1.15. The van der Waals surface area contributed by atoms with E-state index in [1.165, 1.54) is 11.3 Å². The Bertz CT molecular complexity index is 1270. The number of ether oxygens (including phenoxy) is 1. The van der Waals surface area contributed by atoms with Crippen molar-refractivity contribution >= 4 is 29.1 Å². The van der Waals surface area contributed by atoms with E-state index in [0.29, 0.717) is 31.6 Å². The number of hydrogen-bond acceptors (Lipinski definition) is 5. The number of hydrogen-bond donors (Lipinski definition) is 0. The highest BCUT2D eigenvalue weighted by Gasteiger charge is 2.34. The summed E-state index contributed by atoms with van der Waals surface area (Å²) in [4.78, 5) is 40.4. The average molecular weight is 490 g/mol. The Morgan fingerprint density at radius 1 is 1.11 bits per heavy atom. The van der Waals surface area contributed by atoms with Crippen LogP contribution in [0.2, 0.25) is 0 Å².